The van der Waals surface area contributed by atoms with E-state index in [1.54, 1.807) is 0 Å². The van der Waals surface area contributed by atoms with Gasteiger partial charge in [-0.2, -0.15) is 4.31 Å². The summed E-state index contributed by atoms with van der Waals surface area (Å²) in [4.78, 5) is 13.6. The van der Waals surface area contributed by atoms with Crippen LogP contribution in [0, 0.1) is 5.92 Å². The Hall–Kier alpha value is -0.670. The van der Waals surface area contributed by atoms with Gasteiger partial charge in [-0.05, 0) is 12.3 Å². The first kappa shape index (κ1) is 18.4. The summed E-state index contributed by atoms with van der Waals surface area (Å²) in [5, 5.41) is 0. The van der Waals surface area contributed by atoms with E-state index in [1.807, 2.05) is 13.8 Å². The van der Waals surface area contributed by atoms with Crippen LogP contribution in [-0.2, 0) is 24.7 Å². The third-order valence-corrected chi connectivity index (χ3v) is 6.47. The summed E-state index contributed by atoms with van der Waals surface area (Å²) < 4.78 is 47.5. The van der Waals surface area contributed by atoms with Crippen molar-refractivity contribution in [1.29, 1.82) is 0 Å². The molecule has 0 aromatic heterocycles. The van der Waals surface area contributed by atoms with E-state index >= 15 is 0 Å². The Bertz CT molecular complexity index is 583. The number of sulfonamides is 1. The number of nitrogens with zero attached hydrogens (tertiary/aromatic N) is 2. The van der Waals surface area contributed by atoms with Gasteiger partial charge in [0.05, 0.1) is 24.3 Å². The third kappa shape index (κ3) is 5.55. The molecule has 0 aromatic carbocycles. The zero-order chi connectivity index (χ0) is 16.4. The first-order valence-electron chi connectivity index (χ1n) is 6.83. The zero-order valence-corrected chi connectivity index (χ0v) is 14.6. The Labute approximate surface area is 127 Å². The van der Waals surface area contributed by atoms with Crippen LogP contribution in [0.4, 0.5) is 0 Å². The molecule has 21 heavy (non-hydrogen) atoms. The minimum Gasteiger partial charge on any atom is -0.341 e. The Morgan fingerprint density at radius 3 is 2.29 bits per heavy atom. The highest BCUT2D eigenvalue weighted by Crippen LogP contribution is 2.17. The van der Waals surface area contributed by atoms with Crippen molar-refractivity contribution in [1.82, 2.24) is 9.21 Å². The number of sulfone groups is 1. The van der Waals surface area contributed by atoms with Gasteiger partial charge < -0.3 is 4.90 Å². The van der Waals surface area contributed by atoms with E-state index in [4.69, 9.17) is 0 Å². The van der Waals surface area contributed by atoms with E-state index in [2.05, 4.69) is 0 Å². The summed E-state index contributed by atoms with van der Waals surface area (Å²) in [6.07, 6.45) is 1.48. The summed E-state index contributed by atoms with van der Waals surface area (Å²) in [6.45, 7) is 3.76. The molecule has 1 saturated heterocycles. The number of amides is 1. The molecule has 1 heterocycles. The normalized spacial score (nSPS) is 21.9. The van der Waals surface area contributed by atoms with Gasteiger partial charge in [-0.3, -0.25) is 4.79 Å². The molecular formula is C12H24N2O5S2. The maximum atomic E-state index is 12.2. The summed E-state index contributed by atoms with van der Waals surface area (Å²) >= 11 is 0. The Balaban J connectivity index is 2.74. The molecule has 0 aromatic rings. The molecule has 0 saturated carbocycles. The molecular weight excluding hydrogens is 316 g/mol. The molecule has 0 spiro atoms. The predicted molar refractivity (Wildman–Crippen MR) is 81.1 cm³/mol. The number of likely N-dealkylation sites (N-methyl/N-ethyl adjacent to an activating group) is 1. The highest BCUT2D eigenvalue weighted by Gasteiger charge is 2.33. The minimum absolute atomic E-state index is 0.0434. The first-order valence-corrected chi connectivity index (χ1v) is 10.5. The average molecular weight is 340 g/mol. The van der Waals surface area contributed by atoms with Gasteiger partial charge in [-0.1, -0.05) is 13.8 Å². The fraction of sp³-hybridized carbons (Fsp3) is 0.917. The molecule has 124 valence electrons. The summed E-state index contributed by atoms with van der Waals surface area (Å²) in [5.74, 6) is -0.233. The van der Waals surface area contributed by atoms with Crippen LogP contribution in [-0.4, -0.2) is 75.9 Å². The summed E-state index contributed by atoms with van der Waals surface area (Å²) in [5.41, 5.74) is 0. The zero-order valence-electron chi connectivity index (χ0n) is 12.9. The lowest BCUT2D eigenvalue weighted by molar-refractivity contribution is -0.131. The van der Waals surface area contributed by atoms with Crippen molar-refractivity contribution in [3.05, 3.63) is 0 Å². The topological polar surface area (TPSA) is 91.8 Å². The minimum atomic E-state index is -3.47. The number of carbonyl (C=O) groups excluding carboxylic acids is 1. The Morgan fingerprint density at radius 2 is 1.90 bits per heavy atom. The van der Waals surface area contributed by atoms with Crippen LogP contribution in [0.15, 0.2) is 0 Å². The lowest BCUT2D eigenvalue weighted by Crippen LogP contribution is -2.46. The van der Waals surface area contributed by atoms with Crippen LogP contribution < -0.4 is 0 Å². The lowest BCUT2D eigenvalue weighted by Gasteiger charge is -2.27. The summed E-state index contributed by atoms with van der Waals surface area (Å²) in [6, 6.07) is -0.358. The Kier molecular flexibility index (Phi) is 5.79. The van der Waals surface area contributed by atoms with Crippen LogP contribution in [0.3, 0.4) is 0 Å². The quantitative estimate of drug-likeness (QED) is 0.653. The number of rotatable bonds is 6. The standard InChI is InChI=1S/C12H24N2O5S2/c1-10(2)7-14(20(4,16)17)8-12(15)13(3)11-5-6-21(18,19)9-11/h10-11H,5-9H2,1-4H3. The van der Waals surface area contributed by atoms with Crippen LogP contribution in [0.5, 0.6) is 0 Å². The second kappa shape index (κ2) is 6.62. The third-order valence-electron chi connectivity index (χ3n) is 3.50. The van der Waals surface area contributed by atoms with E-state index in [0.29, 0.717) is 6.42 Å². The number of hydrogen-bond acceptors (Lipinski definition) is 5. The van der Waals surface area contributed by atoms with Gasteiger partial charge in [0, 0.05) is 19.6 Å². The molecule has 1 unspecified atom stereocenters. The van der Waals surface area contributed by atoms with E-state index in [-0.39, 0.29) is 42.5 Å². The predicted octanol–water partition coefficient (Wildman–Crippen LogP) is -0.450. The fourth-order valence-electron chi connectivity index (χ4n) is 2.27. The molecule has 0 aliphatic carbocycles. The monoisotopic (exact) mass is 340 g/mol. The van der Waals surface area contributed by atoms with Crippen molar-refractivity contribution in [3.63, 3.8) is 0 Å². The molecule has 0 N–H and O–H groups in total. The van der Waals surface area contributed by atoms with Gasteiger partial charge >= 0.3 is 0 Å². The number of hydrogen-bond donors (Lipinski definition) is 0. The molecule has 0 bridgehead atoms. The maximum absolute atomic E-state index is 12.2. The fourth-order valence-corrected chi connectivity index (χ4v) is 4.96. The van der Waals surface area contributed by atoms with Crippen molar-refractivity contribution < 1.29 is 21.6 Å². The maximum Gasteiger partial charge on any atom is 0.237 e. The lowest BCUT2D eigenvalue weighted by atomic mass is 10.2. The van der Waals surface area contributed by atoms with Crippen molar-refractivity contribution in [2.45, 2.75) is 26.3 Å². The second-order valence-corrected chi connectivity index (χ2v) is 10.2. The van der Waals surface area contributed by atoms with Crippen LogP contribution >= 0.6 is 0 Å². The molecule has 1 atom stereocenters. The molecule has 1 aliphatic heterocycles. The van der Waals surface area contributed by atoms with Crippen LogP contribution in [0.2, 0.25) is 0 Å². The van der Waals surface area contributed by atoms with Gasteiger partial charge in [0.25, 0.3) is 0 Å². The Morgan fingerprint density at radius 1 is 1.33 bits per heavy atom. The van der Waals surface area contributed by atoms with Crippen molar-refractivity contribution >= 4 is 25.8 Å². The van der Waals surface area contributed by atoms with Crippen molar-refractivity contribution in [2.24, 2.45) is 5.92 Å². The van der Waals surface area contributed by atoms with Gasteiger partial charge in [-0.15, -0.1) is 0 Å². The average Bonchev–Trinajstić information content (AvgIpc) is 2.66. The van der Waals surface area contributed by atoms with E-state index in [0.717, 1.165) is 10.6 Å². The molecule has 1 amide bonds. The summed E-state index contributed by atoms with van der Waals surface area (Å²) in [7, 11) is -5.01. The highest BCUT2D eigenvalue weighted by molar-refractivity contribution is 7.91. The molecule has 1 rings (SSSR count). The SMILES string of the molecule is CC(C)CN(CC(=O)N(C)C1CCS(=O)(=O)C1)S(C)(=O)=O. The van der Waals surface area contributed by atoms with Crippen LogP contribution in [0.25, 0.3) is 0 Å². The van der Waals surface area contributed by atoms with Gasteiger partial charge in [0.2, 0.25) is 15.9 Å². The van der Waals surface area contributed by atoms with E-state index in [9.17, 15) is 21.6 Å². The largest absolute Gasteiger partial charge is 0.341 e. The molecule has 1 aliphatic rings. The molecule has 7 nitrogen and oxygen atoms in total. The van der Waals surface area contributed by atoms with Crippen molar-refractivity contribution in [2.75, 3.05) is 37.9 Å². The molecule has 0 radical (unpaired) electrons. The van der Waals surface area contributed by atoms with Gasteiger partial charge in [0.15, 0.2) is 9.84 Å². The highest BCUT2D eigenvalue weighted by atomic mass is 32.2. The van der Waals surface area contributed by atoms with E-state index in [1.165, 1.54) is 11.9 Å². The van der Waals surface area contributed by atoms with Gasteiger partial charge in [-0.25, -0.2) is 16.8 Å². The molecule has 1 fully saturated rings. The molecule has 9 heteroatoms. The smallest absolute Gasteiger partial charge is 0.237 e. The first-order chi connectivity index (χ1) is 9.42. The van der Waals surface area contributed by atoms with Crippen molar-refractivity contribution in [3.8, 4) is 0 Å². The van der Waals surface area contributed by atoms with Crippen LogP contribution in [0.1, 0.15) is 20.3 Å². The number of carbonyl (C=O) groups is 1. The van der Waals surface area contributed by atoms with Gasteiger partial charge in [0.1, 0.15) is 0 Å². The van der Waals surface area contributed by atoms with E-state index < -0.39 is 19.9 Å². The second-order valence-electron chi connectivity index (χ2n) is 6.01.